The van der Waals surface area contributed by atoms with E-state index in [0.717, 1.165) is 25.1 Å². The second kappa shape index (κ2) is 3.82. The van der Waals surface area contributed by atoms with E-state index in [4.69, 9.17) is 0 Å². The van der Waals surface area contributed by atoms with Gasteiger partial charge in [-0.05, 0) is 0 Å². The van der Waals surface area contributed by atoms with Gasteiger partial charge in [-0.25, -0.2) is 4.39 Å². The van der Waals surface area contributed by atoms with E-state index in [-0.39, 0.29) is 5.75 Å². The molecule has 1 aromatic carbocycles. The van der Waals surface area contributed by atoms with Crippen LogP contribution in [0, 0.1) is 15.9 Å². The number of carbonyl (C=O) groups is 1. The molecule has 0 saturated carbocycles. The minimum absolute atomic E-state index is 0.177. The van der Waals surface area contributed by atoms with Crippen LogP contribution in [0.15, 0.2) is 18.2 Å². The maximum Gasteiger partial charge on any atom is 0.308 e. The maximum absolute atomic E-state index is 12.7. The number of nitrogens with zero attached hydrogens (tertiary/aromatic N) is 1. The highest BCUT2D eigenvalue weighted by Gasteiger charge is 2.11. The zero-order chi connectivity index (χ0) is 10.7. The van der Waals surface area contributed by atoms with Gasteiger partial charge >= 0.3 is 5.97 Å². The Kier molecular flexibility index (Phi) is 2.76. The first-order valence-electron chi connectivity index (χ1n) is 3.62. The second-order valence-electron chi connectivity index (χ2n) is 2.50. The Hall–Kier alpha value is -1.98. The van der Waals surface area contributed by atoms with Crippen molar-refractivity contribution in [1.29, 1.82) is 0 Å². The summed E-state index contributed by atoms with van der Waals surface area (Å²) < 4.78 is 17.2. The number of carbonyl (C=O) groups excluding carboxylic acids is 1. The van der Waals surface area contributed by atoms with Crippen LogP contribution in [-0.2, 0) is 4.79 Å². The summed E-state index contributed by atoms with van der Waals surface area (Å²) in [6, 6.07) is 2.62. The number of nitro groups is 1. The number of esters is 1. The number of ether oxygens (including phenoxy) is 1. The van der Waals surface area contributed by atoms with E-state index in [1.807, 2.05) is 0 Å². The van der Waals surface area contributed by atoms with Crippen molar-refractivity contribution < 1.29 is 18.8 Å². The van der Waals surface area contributed by atoms with Crippen molar-refractivity contribution >= 4 is 11.7 Å². The van der Waals surface area contributed by atoms with Gasteiger partial charge in [0.05, 0.1) is 17.1 Å². The SMILES string of the molecule is CC(=O)Oc1cc(F)cc([N+](=O)[O-])c1. The van der Waals surface area contributed by atoms with Crippen molar-refractivity contribution in [2.45, 2.75) is 6.92 Å². The molecule has 14 heavy (non-hydrogen) atoms. The Labute approximate surface area is 78.3 Å². The summed E-state index contributed by atoms with van der Waals surface area (Å²) in [6.07, 6.45) is 0. The molecule has 74 valence electrons. The fourth-order valence-electron chi connectivity index (χ4n) is 0.878. The number of hydrogen-bond acceptors (Lipinski definition) is 4. The molecule has 0 fully saturated rings. The van der Waals surface area contributed by atoms with Gasteiger partial charge in [-0.2, -0.15) is 0 Å². The lowest BCUT2D eigenvalue weighted by atomic mass is 10.3. The molecule has 0 heterocycles. The number of rotatable bonds is 2. The summed E-state index contributed by atoms with van der Waals surface area (Å²) in [5.74, 6) is -1.66. The van der Waals surface area contributed by atoms with Crippen LogP contribution in [0.5, 0.6) is 5.75 Å². The highest BCUT2D eigenvalue weighted by molar-refractivity contribution is 5.69. The van der Waals surface area contributed by atoms with E-state index in [2.05, 4.69) is 4.74 Å². The Morgan fingerprint density at radius 2 is 2.14 bits per heavy atom. The van der Waals surface area contributed by atoms with Crippen LogP contribution in [0.1, 0.15) is 6.92 Å². The molecule has 0 atom stereocenters. The van der Waals surface area contributed by atoms with Gasteiger partial charge in [0.1, 0.15) is 11.6 Å². The molecule has 0 N–H and O–H groups in total. The van der Waals surface area contributed by atoms with E-state index in [0.29, 0.717) is 0 Å². The summed E-state index contributed by atoms with van der Waals surface area (Å²) in [4.78, 5) is 20.0. The molecule has 1 aromatic rings. The van der Waals surface area contributed by atoms with Crippen LogP contribution < -0.4 is 4.74 Å². The van der Waals surface area contributed by atoms with E-state index >= 15 is 0 Å². The first-order chi connectivity index (χ1) is 6.49. The van der Waals surface area contributed by atoms with Gasteiger partial charge in [0.15, 0.2) is 0 Å². The summed E-state index contributed by atoms with van der Waals surface area (Å²) in [7, 11) is 0. The number of nitro benzene ring substituents is 1. The lowest BCUT2D eigenvalue weighted by molar-refractivity contribution is -0.385. The van der Waals surface area contributed by atoms with Crippen molar-refractivity contribution in [3.8, 4) is 5.75 Å². The van der Waals surface area contributed by atoms with E-state index in [1.54, 1.807) is 0 Å². The van der Waals surface area contributed by atoms with E-state index in [9.17, 15) is 19.3 Å². The quantitative estimate of drug-likeness (QED) is 0.314. The lowest BCUT2D eigenvalue weighted by Crippen LogP contribution is -2.02. The molecule has 0 bridgehead atoms. The molecule has 0 saturated heterocycles. The predicted molar refractivity (Wildman–Crippen MR) is 44.4 cm³/mol. The Morgan fingerprint density at radius 3 is 2.64 bits per heavy atom. The summed E-state index contributed by atoms with van der Waals surface area (Å²) in [5, 5.41) is 10.3. The molecular formula is C8H6FNO4. The van der Waals surface area contributed by atoms with Crippen molar-refractivity contribution in [3.63, 3.8) is 0 Å². The van der Waals surface area contributed by atoms with Gasteiger partial charge in [0.2, 0.25) is 0 Å². The Bertz CT molecular complexity index is 391. The van der Waals surface area contributed by atoms with Crippen LogP contribution in [0.4, 0.5) is 10.1 Å². The van der Waals surface area contributed by atoms with Gasteiger partial charge in [0, 0.05) is 13.0 Å². The third-order valence-electron chi connectivity index (χ3n) is 1.33. The third-order valence-corrected chi connectivity index (χ3v) is 1.33. The zero-order valence-electron chi connectivity index (χ0n) is 7.19. The molecule has 0 aliphatic heterocycles. The summed E-state index contributed by atoms with van der Waals surface area (Å²) in [5.41, 5.74) is -0.457. The highest BCUT2D eigenvalue weighted by Crippen LogP contribution is 2.21. The number of non-ortho nitro benzene ring substituents is 1. The molecule has 1 rings (SSSR count). The standard InChI is InChI=1S/C8H6FNO4/c1-5(11)14-8-3-6(9)2-7(4-8)10(12)13/h2-4H,1H3. The Morgan fingerprint density at radius 1 is 1.50 bits per heavy atom. The molecule has 6 heteroatoms. The highest BCUT2D eigenvalue weighted by atomic mass is 19.1. The topological polar surface area (TPSA) is 69.4 Å². The van der Waals surface area contributed by atoms with Gasteiger partial charge < -0.3 is 4.74 Å². The van der Waals surface area contributed by atoms with Crippen molar-refractivity contribution in [2.24, 2.45) is 0 Å². The molecule has 0 aromatic heterocycles. The number of benzene rings is 1. The molecule has 0 aliphatic carbocycles. The molecule has 0 amide bonds. The van der Waals surface area contributed by atoms with Crippen LogP contribution in [0.25, 0.3) is 0 Å². The van der Waals surface area contributed by atoms with Crippen LogP contribution in [-0.4, -0.2) is 10.9 Å². The van der Waals surface area contributed by atoms with Crippen molar-refractivity contribution in [2.75, 3.05) is 0 Å². The second-order valence-corrected chi connectivity index (χ2v) is 2.50. The largest absolute Gasteiger partial charge is 0.426 e. The summed E-state index contributed by atoms with van der Waals surface area (Å²) >= 11 is 0. The monoisotopic (exact) mass is 199 g/mol. The smallest absolute Gasteiger partial charge is 0.308 e. The van der Waals surface area contributed by atoms with Gasteiger partial charge in [-0.3, -0.25) is 14.9 Å². The first-order valence-corrected chi connectivity index (χ1v) is 3.62. The molecule has 0 unspecified atom stereocenters. The molecular weight excluding hydrogens is 193 g/mol. The molecule has 5 nitrogen and oxygen atoms in total. The number of halogens is 1. The zero-order valence-corrected chi connectivity index (χ0v) is 7.19. The fourth-order valence-corrected chi connectivity index (χ4v) is 0.878. The third kappa shape index (κ3) is 2.51. The lowest BCUT2D eigenvalue weighted by Gasteiger charge is -2.00. The first kappa shape index (κ1) is 10.1. The normalized spacial score (nSPS) is 9.57. The van der Waals surface area contributed by atoms with Crippen LogP contribution >= 0.6 is 0 Å². The molecule has 0 radical (unpaired) electrons. The maximum atomic E-state index is 12.7. The number of hydrogen-bond donors (Lipinski definition) is 0. The average molecular weight is 199 g/mol. The average Bonchev–Trinajstić information content (AvgIpc) is 2.01. The van der Waals surface area contributed by atoms with Gasteiger partial charge in [0.25, 0.3) is 5.69 Å². The Balaban J connectivity index is 3.07. The molecule has 0 spiro atoms. The predicted octanol–water partition coefficient (Wildman–Crippen LogP) is 1.66. The van der Waals surface area contributed by atoms with Gasteiger partial charge in [-0.1, -0.05) is 0 Å². The minimum Gasteiger partial charge on any atom is -0.426 e. The van der Waals surface area contributed by atoms with Crippen LogP contribution in [0.3, 0.4) is 0 Å². The van der Waals surface area contributed by atoms with E-state index in [1.165, 1.54) is 0 Å². The summed E-state index contributed by atoms with van der Waals surface area (Å²) in [6.45, 7) is 1.12. The fraction of sp³-hybridized carbons (Fsp3) is 0.125. The van der Waals surface area contributed by atoms with Crippen molar-refractivity contribution in [3.05, 3.63) is 34.1 Å². The minimum atomic E-state index is -0.824. The van der Waals surface area contributed by atoms with Crippen LogP contribution in [0.2, 0.25) is 0 Å². The van der Waals surface area contributed by atoms with Gasteiger partial charge in [-0.15, -0.1) is 0 Å². The van der Waals surface area contributed by atoms with E-state index < -0.39 is 22.4 Å². The molecule has 0 aliphatic rings. The van der Waals surface area contributed by atoms with Crippen molar-refractivity contribution in [1.82, 2.24) is 0 Å².